The molecule has 1 aliphatic carbocycles. The van der Waals surface area contributed by atoms with Crippen LogP contribution >= 0.6 is 23.4 Å². The average molecular weight is 317 g/mol. The molecule has 0 saturated heterocycles. The molecule has 1 fully saturated rings. The van der Waals surface area contributed by atoms with Crippen molar-refractivity contribution in [1.82, 2.24) is 9.55 Å². The molecule has 1 aliphatic rings. The number of H-pyrrole nitrogens is 1. The second kappa shape index (κ2) is 6.39. The van der Waals surface area contributed by atoms with Gasteiger partial charge in [0, 0.05) is 11.3 Å². The number of hydrogen-bond donors (Lipinski definition) is 1. The molecule has 1 N–H and O–H groups in total. The summed E-state index contributed by atoms with van der Waals surface area (Å²) in [6.07, 6.45) is 8.30. The molecule has 2 rings (SSSR count). The Hall–Kier alpha value is -0.680. The van der Waals surface area contributed by atoms with Crippen LogP contribution in [0.1, 0.15) is 44.6 Å². The summed E-state index contributed by atoms with van der Waals surface area (Å²) in [6, 6.07) is 0. The summed E-state index contributed by atoms with van der Waals surface area (Å²) in [6.45, 7) is 2.35. The van der Waals surface area contributed by atoms with Crippen LogP contribution in [0.3, 0.4) is 0 Å². The number of thioether (sulfide) groups is 1. The molecule has 0 spiro atoms. The molecule has 0 unspecified atom stereocenters. The minimum atomic E-state index is -0.392. The molecule has 112 valence electrons. The van der Waals surface area contributed by atoms with E-state index in [0.717, 1.165) is 12.8 Å². The summed E-state index contributed by atoms with van der Waals surface area (Å²) in [4.78, 5) is 27.1. The van der Waals surface area contributed by atoms with Crippen LogP contribution in [0.4, 0.5) is 0 Å². The molecule has 0 aliphatic heterocycles. The topological polar surface area (TPSA) is 54.9 Å². The summed E-state index contributed by atoms with van der Waals surface area (Å²) in [5, 5.41) is 0.181. The van der Waals surface area contributed by atoms with Crippen LogP contribution < -0.4 is 11.2 Å². The summed E-state index contributed by atoms with van der Waals surface area (Å²) in [7, 11) is 0. The number of nitrogens with zero attached hydrogens (tertiary/aromatic N) is 1. The van der Waals surface area contributed by atoms with Crippen molar-refractivity contribution in [2.24, 2.45) is 0 Å². The average Bonchev–Trinajstić information content (AvgIpc) is 2.45. The van der Waals surface area contributed by atoms with Crippen molar-refractivity contribution in [2.45, 2.75) is 56.7 Å². The molecule has 1 aromatic rings. The predicted octanol–water partition coefficient (Wildman–Crippen LogP) is 2.82. The minimum Gasteiger partial charge on any atom is -0.297 e. The van der Waals surface area contributed by atoms with E-state index in [1.54, 1.807) is 11.8 Å². The highest BCUT2D eigenvalue weighted by Gasteiger charge is 2.32. The number of hydrogen-bond acceptors (Lipinski definition) is 3. The quantitative estimate of drug-likeness (QED) is 0.869. The second-order valence-electron chi connectivity index (χ2n) is 5.42. The lowest BCUT2D eigenvalue weighted by atomic mass is 9.88. The molecule has 6 heteroatoms. The van der Waals surface area contributed by atoms with Gasteiger partial charge in [-0.1, -0.05) is 37.8 Å². The van der Waals surface area contributed by atoms with Crippen molar-refractivity contribution >= 4 is 23.4 Å². The maximum absolute atomic E-state index is 12.4. The van der Waals surface area contributed by atoms with Gasteiger partial charge in [0.2, 0.25) is 0 Å². The normalized spacial score (nSPS) is 18.1. The summed E-state index contributed by atoms with van der Waals surface area (Å²) in [5.74, 6) is 0. The van der Waals surface area contributed by atoms with Crippen LogP contribution in [-0.2, 0) is 13.0 Å². The summed E-state index contributed by atoms with van der Waals surface area (Å²) in [5.41, 5.74) is -0.130. The molecule has 20 heavy (non-hydrogen) atoms. The van der Waals surface area contributed by atoms with Crippen LogP contribution in [0, 0.1) is 0 Å². The van der Waals surface area contributed by atoms with Crippen molar-refractivity contribution in [3.8, 4) is 0 Å². The molecule has 1 heterocycles. The third-order valence-corrected chi connectivity index (χ3v) is 5.95. The van der Waals surface area contributed by atoms with E-state index in [0.29, 0.717) is 18.5 Å². The molecule has 0 radical (unpaired) electrons. The highest BCUT2D eigenvalue weighted by atomic mass is 35.5. The zero-order valence-electron chi connectivity index (χ0n) is 12.0. The maximum atomic E-state index is 12.4. The van der Waals surface area contributed by atoms with E-state index in [-0.39, 0.29) is 15.5 Å². The molecule has 0 atom stereocenters. The van der Waals surface area contributed by atoms with Gasteiger partial charge in [0.15, 0.2) is 0 Å². The fourth-order valence-electron chi connectivity index (χ4n) is 2.95. The zero-order chi connectivity index (χ0) is 14.8. The lowest BCUT2D eigenvalue weighted by Gasteiger charge is -2.35. The Bertz CT molecular complexity index is 588. The summed E-state index contributed by atoms with van der Waals surface area (Å²) < 4.78 is 1.35. The Morgan fingerprint density at radius 1 is 1.30 bits per heavy atom. The van der Waals surface area contributed by atoms with Gasteiger partial charge in [-0.25, -0.2) is 4.79 Å². The van der Waals surface area contributed by atoms with Crippen molar-refractivity contribution in [3.05, 3.63) is 31.6 Å². The maximum Gasteiger partial charge on any atom is 0.329 e. The van der Waals surface area contributed by atoms with Crippen LogP contribution in [-0.4, -0.2) is 20.6 Å². The Kier molecular flexibility index (Phi) is 5.02. The van der Waals surface area contributed by atoms with Gasteiger partial charge in [-0.15, -0.1) is 0 Å². The first kappa shape index (κ1) is 15.7. The fourth-order valence-corrected chi connectivity index (χ4v) is 4.20. The predicted molar refractivity (Wildman–Crippen MR) is 85.0 cm³/mol. The zero-order valence-corrected chi connectivity index (χ0v) is 13.6. The number of halogens is 1. The van der Waals surface area contributed by atoms with Gasteiger partial charge in [-0.2, -0.15) is 11.8 Å². The molecule has 0 aromatic carbocycles. The summed E-state index contributed by atoms with van der Waals surface area (Å²) >= 11 is 7.72. The van der Waals surface area contributed by atoms with Crippen LogP contribution in [0.5, 0.6) is 0 Å². The highest BCUT2D eigenvalue weighted by molar-refractivity contribution is 8.00. The lowest BCUT2D eigenvalue weighted by Crippen LogP contribution is -2.44. The Morgan fingerprint density at radius 3 is 2.50 bits per heavy atom. The molecule has 0 bridgehead atoms. The van der Waals surface area contributed by atoms with E-state index in [2.05, 4.69) is 11.2 Å². The second-order valence-corrected chi connectivity index (χ2v) is 7.07. The van der Waals surface area contributed by atoms with E-state index in [9.17, 15) is 9.59 Å². The van der Waals surface area contributed by atoms with Crippen LogP contribution in [0.15, 0.2) is 9.59 Å². The van der Waals surface area contributed by atoms with Crippen LogP contribution in [0.25, 0.3) is 0 Å². The van der Waals surface area contributed by atoms with E-state index in [1.165, 1.54) is 23.8 Å². The highest BCUT2D eigenvalue weighted by Crippen LogP contribution is 2.39. The fraction of sp³-hybridized carbons (Fsp3) is 0.714. The lowest BCUT2D eigenvalue weighted by molar-refractivity contribution is 0.349. The smallest absolute Gasteiger partial charge is 0.297 e. The molecular weight excluding hydrogens is 296 g/mol. The molecule has 1 aromatic heterocycles. The minimum absolute atomic E-state index is 0.00785. The molecular formula is C14H21ClN2O2S. The number of aromatic nitrogens is 2. The van der Waals surface area contributed by atoms with Crippen LogP contribution in [0.2, 0.25) is 5.15 Å². The van der Waals surface area contributed by atoms with Crippen molar-refractivity contribution < 1.29 is 0 Å². The Labute approximate surface area is 127 Å². The molecule has 4 nitrogen and oxygen atoms in total. The van der Waals surface area contributed by atoms with E-state index >= 15 is 0 Å². The molecule has 0 amide bonds. The largest absolute Gasteiger partial charge is 0.329 e. The first-order valence-electron chi connectivity index (χ1n) is 7.09. The van der Waals surface area contributed by atoms with Crippen molar-refractivity contribution in [2.75, 3.05) is 6.26 Å². The van der Waals surface area contributed by atoms with E-state index < -0.39 is 5.69 Å². The van der Waals surface area contributed by atoms with Gasteiger partial charge >= 0.3 is 5.69 Å². The van der Waals surface area contributed by atoms with E-state index in [4.69, 9.17) is 11.6 Å². The van der Waals surface area contributed by atoms with Gasteiger partial charge in [0.25, 0.3) is 5.56 Å². The SMILES string of the molecule is CCc1c(Cl)[nH]c(=O)n(CC2(SC)CCCCC2)c1=O. The third kappa shape index (κ3) is 2.98. The van der Waals surface area contributed by atoms with Crippen molar-refractivity contribution in [3.63, 3.8) is 0 Å². The number of aromatic amines is 1. The van der Waals surface area contributed by atoms with Gasteiger partial charge in [0.1, 0.15) is 5.15 Å². The number of rotatable bonds is 4. The van der Waals surface area contributed by atoms with Gasteiger partial charge in [0.05, 0.1) is 5.56 Å². The first-order chi connectivity index (χ1) is 9.53. The van der Waals surface area contributed by atoms with Gasteiger partial charge in [-0.3, -0.25) is 14.3 Å². The first-order valence-corrected chi connectivity index (χ1v) is 8.70. The monoisotopic (exact) mass is 316 g/mol. The van der Waals surface area contributed by atoms with Gasteiger partial charge in [-0.05, 0) is 25.5 Å². The van der Waals surface area contributed by atoms with E-state index in [1.807, 2.05) is 6.92 Å². The Balaban J connectivity index is 2.43. The van der Waals surface area contributed by atoms with Gasteiger partial charge < -0.3 is 0 Å². The number of nitrogens with one attached hydrogen (secondary N) is 1. The van der Waals surface area contributed by atoms with Crippen molar-refractivity contribution in [1.29, 1.82) is 0 Å². The Morgan fingerprint density at radius 2 is 1.95 bits per heavy atom. The molecule has 1 saturated carbocycles. The standard InChI is InChI=1S/C14H21ClN2O2S/c1-3-10-11(15)16-13(19)17(12(10)18)9-14(20-2)7-5-4-6-8-14/h3-9H2,1-2H3,(H,16,19). The third-order valence-electron chi connectivity index (χ3n) is 4.23.